The Kier molecular flexibility index (Phi) is 11.3. The Labute approximate surface area is 270 Å². The smallest absolute Gasteiger partial charge is 0.356 e. The van der Waals surface area contributed by atoms with Gasteiger partial charge in [0.25, 0.3) is 17.7 Å². The first-order valence-corrected chi connectivity index (χ1v) is 14.2. The molecule has 4 N–H and O–H groups in total. The van der Waals surface area contributed by atoms with E-state index in [2.05, 4.69) is 30.3 Å². The van der Waals surface area contributed by atoms with Gasteiger partial charge in [0.2, 0.25) is 11.8 Å². The first-order valence-electron chi connectivity index (χ1n) is 14.2. The lowest BCUT2D eigenvalue weighted by Crippen LogP contribution is -2.22. The fourth-order valence-electron chi connectivity index (χ4n) is 4.39. The maximum atomic E-state index is 13.2. The van der Waals surface area contributed by atoms with Crippen LogP contribution in [0.15, 0.2) is 36.4 Å². The number of nitrogens with one attached hydrogen (secondary N) is 2. The third-order valence-electron chi connectivity index (χ3n) is 6.61. The van der Waals surface area contributed by atoms with Gasteiger partial charge in [0.1, 0.15) is 28.9 Å². The number of hydrogen-bond donors (Lipinski definition) is 4. The summed E-state index contributed by atoms with van der Waals surface area (Å²) in [6.45, 7) is -1.78. The number of nitrogens with zero attached hydrogens (tertiary/aromatic N) is 4. The number of hydrogen-bond acceptors (Lipinski definition) is 14. The lowest BCUT2D eigenvalue weighted by atomic mass is 9.98. The molecule has 48 heavy (non-hydrogen) atoms. The Bertz CT molecular complexity index is 1740. The van der Waals surface area contributed by atoms with Gasteiger partial charge >= 0.3 is 23.6 Å². The number of carboxylic acids is 2. The van der Waals surface area contributed by atoms with Crippen LogP contribution in [0.4, 0.5) is 17.1 Å². The minimum atomic E-state index is -1.40. The van der Waals surface area contributed by atoms with E-state index in [0.717, 1.165) is 44.6 Å². The zero-order valence-electron chi connectivity index (χ0n) is 25.2. The maximum absolute atomic E-state index is 13.2. The second-order valence-electron chi connectivity index (χ2n) is 10.0. The number of rotatable bonds is 14. The molecule has 1 fully saturated rings. The Morgan fingerprint density at radius 3 is 1.75 bits per heavy atom. The van der Waals surface area contributed by atoms with Gasteiger partial charge in [-0.3, -0.25) is 19.7 Å². The highest BCUT2D eigenvalue weighted by Gasteiger charge is 2.26. The van der Waals surface area contributed by atoms with Crippen LogP contribution in [-0.2, 0) is 14.3 Å². The molecule has 4 rings (SSSR count). The molecule has 3 heterocycles. The molecule has 19 heteroatoms. The van der Waals surface area contributed by atoms with Crippen LogP contribution in [0.25, 0.3) is 0 Å². The third kappa shape index (κ3) is 9.08. The molecule has 0 saturated heterocycles. The molecule has 252 valence electrons. The summed E-state index contributed by atoms with van der Waals surface area (Å²) in [5.41, 5.74) is -1.63. The average molecular weight is 669 g/mol. The van der Waals surface area contributed by atoms with Gasteiger partial charge in [0, 0.05) is 6.07 Å². The lowest BCUT2D eigenvalue weighted by Gasteiger charge is -2.22. The number of carbonyl (C=O) groups excluding carboxylic acids is 3. The number of anilines is 2. The van der Waals surface area contributed by atoms with Crippen molar-refractivity contribution in [1.82, 2.24) is 15.0 Å². The van der Waals surface area contributed by atoms with E-state index in [1.807, 2.05) is 0 Å². The van der Waals surface area contributed by atoms with E-state index in [9.17, 15) is 34.1 Å². The molecule has 19 nitrogen and oxygen atoms in total. The molecule has 0 aromatic carbocycles. The van der Waals surface area contributed by atoms with E-state index in [0.29, 0.717) is 12.8 Å². The molecule has 0 bridgehead atoms. The van der Waals surface area contributed by atoms with E-state index < -0.39 is 65.3 Å². The van der Waals surface area contributed by atoms with Crippen LogP contribution < -0.4 is 24.8 Å². The van der Waals surface area contributed by atoms with Crippen molar-refractivity contribution in [3.8, 4) is 17.6 Å². The predicted octanol–water partition coefficient (Wildman–Crippen LogP) is 2.71. The van der Waals surface area contributed by atoms with Crippen molar-refractivity contribution in [2.75, 3.05) is 31.0 Å². The normalized spacial score (nSPS) is 12.7. The molecule has 0 spiro atoms. The molecule has 2 amide bonds. The lowest BCUT2D eigenvalue weighted by molar-refractivity contribution is -0.386. The van der Waals surface area contributed by atoms with E-state index in [1.54, 1.807) is 0 Å². The molecule has 1 saturated carbocycles. The minimum absolute atomic E-state index is 0.156. The minimum Gasteiger partial charge on any atom is -0.479 e. The molecule has 0 unspecified atom stereocenters. The van der Waals surface area contributed by atoms with Crippen molar-refractivity contribution >= 4 is 46.8 Å². The monoisotopic (exact) mass is 668 g/mol. The highest BCUT2D eigenvalue weighted by atomic mass is 16.6. The van der Waals surface area contributed by atoms with Gasteiger partial charge in [0.05, 0.1) is 12.0 Å². The van der Waals surface area contributed by atoms with Crippen LogP contribution in [0.5, 0.6) is 17.6 Å². The molecule has 3 aromatic rings. The predicted molar refractivity (Wildman–Crippen MR) is 160 cm³/mol. The van der Waals surface area contributed by atoms with E-state index in [1.165, 1.54) is 18.2 Å². The summed E-state index contributed by atoms with van der Waals surface area (Å²) >= 11 is 0. The van der Waals surface area contributed by atoms with Crippen molar-refractivity contribution in [1.29, 1.82) is 0 Å². The summed E-state index contributed by atoms with van der Waals surface area (Å²) in [5, 5.41) is 34.5. The Morgan fingerprint density at radius 1 is 0.771 bits per heavy atom. The van der Waals surface area contributed by atoms with Gasteiger partial charge in [-0.05, 0) is 56.0 Å². The fraction of sp³-hybridized carbons (Fsp3) is 0.310. The number of aromatic nitrogens is 3. The number of nitro groups is 1. The van der Waals surface area contributed by atoms with Crippen molar-refractivity contribution in [3.63, 3.8) is 0 Å². The molecular weight excluding hydrogens is 640 g/mol. The quantitative estimate of drug-likeness (QED) is 0.109. The first-order chi connectivity index (χ1) is 22.9. The molecule has 1 aliphatic carbocycles. The van der Waals surface area contributed by atoms with Crippen molar-refractivity contribution in [2.24, 2.45) is 0 Å². The standard InChI is InChI=1S/C29H28N6O13/c1-45-29(42)20-10-9-19(27(34-20)47-14-23(38)39)31-24(40)16-7-8-18(26(32-16)46-13-22(36)37)30-25(41)17-11-12-21(35(43)44)28(33-17)48-15-5-3-2-4-6-15/h7-12,15H,2-6,13-14H2,1H3,(H,30,41)(H,31,40)(H,36,37)(H,38,39). The number of esters is 1. The fourth-order valence-corrected chi connectivity index (χ4v) is 4.39. The molecule has 0 atom stereocenters. The average Bonchev–Trinajstić information content (AvgIpc) is 3.07. The van der Waals surface area contributed by atoms with Crippen LogP contribution in [0.3, 0.4) is 0 Å². The molecular formula is C29H28N6O13. The van der Waals surface area contributed by atoms with Gasteiger partial charge in [-0.25, -0.2) is 29.3 Å². The van der Waals surface area contributed by atoms with Gasteiger partial charge in [-0.15, -0.1) is 0 Å². The number of pyridine rings is 3. The summed E-state index contributed by atoms with van der Waals surface area (Å²) in [6.07, 6.45) is 3.84. The summed E-state index contributed by atoms with van der Waals surface area (Å²) in [6, 6.07) is 6.90. The molecule has 3 aromatic heterocycles. The van der Waals surface area contributed by atoms with Crippen molar-refractivity contribution in [3.05, 3.63) is 63.6 Å². The molecule has 0 radical (unpaired) electrons. The van der Waals surface area contributed by atoms with Gasteiger partial charge < -0.3 is 39.8 Å². The van der Waals surface area contributed by atoms with Crippen LogP contribution in [0, 0.1) is 10.1 Å². The SMILES string of the molecule is COC(=O)c1ccc(NC(=O)c2ccc(NC(=O)c3ccc([N+](=O)[O-])c(OC4CCCCC4)n3)c(OCC(=O)O)n2)c(OCC(=O)O)n1. The number of ether oxygens (including phenoxy) is 4. The zero-order chi connectivity index (χ0) is 34.8. The van der Waals surface area contributed by atoms with E-state index in [-0.39, 0.29) is 40.4 Å². The molecule has 0 aliphatic heterocycles. The second kappa shape index (κ2) is 15.7. The van der Waals surface area contributed by atoms with Crippen LogP contribution in [-0.4, -0.2) is 86.2 Å². The first kappa shape index (κ1) is 34.5. The van der Waals surface area contributed by atoms with Gasteiger partial charge in [0.15, 0.2) is 18.9 Å². The summed E-state index contributed by atoms with van der Waals surface area (Å²) in [7, 11) is 1.10. The van der Waals surface area contributed by atoms with E-state index >= 15 is 0 Å². The number of carbonyl (C=O) groups is 5. The summed E-state index contributed by atoms with van der Waals surface area (Å²) < 4.78 is 20.7. The number of methoxy groups -OCH3 is 1. The summed E-state index contributed by atoms with van der Waals surface area (Å²) in [4.78, 5) is 83.2. The second-order valence-corrected chi connectivity index (χ2v) is 10.0. The van der Waals surface area contributed by atoms with E-state index in [4.69, 9.17) is 24.4 Å². The number of amides is 2. The highest BCUT2D eigenvalue weighted by molar-refractivity contribution is 6.06. The Hall–Kier alpha value is -6.40. The Morgan fingerprint density at radius 2 is 1.25 bits per heavy atom. The van der Waals surface area contributed by atoms with Gasteiger partial charge in [-0.2, -0.15) is 0 Å². The highest BCUT2D eigenvalue weighted by Crippen LogP contribution is 2.31. The topological polar surface area (TPSA) is 269 Å². The number of carboxylic acid groups (broad SMARTS) is 2. The maximum Gasteiger partial charge on any atom is 0.356 e. The largest absolute Gasteiger partial charge is 0.479 e. The van der Waals surface area contributed by atoms with Crippen LogP contribution in [0.1, 0.15) is 63.6 Å². The molecule has 1 aliphatic rings. The van der Waals surface area contributed by atoms with Crippen LogP contribution >= 0.6 is 0 Å². The van der Waals surface area contributed by atoms with Crippen LogP contribution in [0.2, 0.25) is 0 Å². The van der Waals surface area contributed by atoms with Crippen molar-refractivity contribution < 1.29 is 58.1 Å². The van der Waals surface area contributed by atoms with Crippen molar-refractivity contribution in [2.45, 2.75) is 38.2 Å². The zero-order valence-corrected chi connectivity index (χ0v) is 25.2. The van der Waals surface area contributed by atoms with Gasteiger partial charge in [-0.1, -0.05) is 6.42 Å². The number of aliphatic carboxylic acids is 2. The summed E-state index contributed by atoms with van der Waals surface area (Å²) in [5.74, 6) is -6.67. The third-order valence-corrected chi connectivity index (χ3v) is 6.61. The Balaban J connectivity index is 1.58.